The fourth-order valence-electron chi connectivity index (χ4n) is 1.89. The monoisotopic (exact) mass is 277 g/mol. The maximum absolute atomic E-state index is 13.4. The normalized spacial score (nSPS) is 12.2. The minimum absolute atomic E-state index is 0.0142. The van der Waals surface area contributed by atoms with Gasteiger partial charge in [0.2, 0.25) is 0 Å². The van der Waals surface area contributed by atoms with Gasteiger partial charge in [-0.15, -0.1) is 0 Å². The molecule has 106 valence electrons. The molecule has 0 spiro atoms. The standard InChI is InChI=1S/C16H17F2NO/c1-10-6-7-12(8-11(10)2)15(19)9-20-16-13(17)4-3-5-14(16)18/h3-8,15H,9,19H2,1-2H3. The van der Waals surface area contributed by atoms with Crippen molar-refractivity contribution in [1.29, 1.82) is 0 Å². The SMILES string of the molecule is Cc1ccc(C(N)COc2c(F)cccc2F)cc1C. The molecular formula is C16H17F2NO. The number of rotatable bonds is 4. The smallest absolute Gasteiger partial charge is 0.190 e. The number of aryl methyl sites for hydroxylation is 2. The van der Waals surface area contributed by atoms with Gasteiger partial charge in [-0.3, -0.25) is 0 Å². The number of hydrogen-bond donors (Lipinski definition) is 1. The molecule has 0 saturated carbocycles. The Balaban J connectivity index is 2.08. The van der Waals surface area contributed by atoms with E-state index in [0.29, 0.717) is 0 Å². The van der Waals surface area contributed by atoms with Crippen LogP contribution >= 0.6 is 0 Å². The van der Waals surface area contributed by atoms with Crippen LogP contribution in [0.2, 0.25) is 0 Å². The zero-order valence-corrected chi connectivity index (χ0v) is 11.5. The first-order chi connectivity index (χ1) is 9.49. The molecule has 0 fully saturated rings. The second-order valence-electron chi connectivity index (χ2n) is 4.81. The van der Waals surface area contributed by atoms with Crippen LogP contribution in [-0.4, -0.2) is 6.61 Å². The molecule has 2 aromatic carbocycles. The number of benzene rings is 2. The lowest BCUT2D eigenvalue weighted by atomic mass is 10.0. The van der Waals surface area contributed by atoms with Crippen LogP contribution in [0.25, 0.3) is 0 Å². The van der Waals surface area contributed by atoms with Crippen LogP contribution in [0.4, 0.5) is 8.78 Å². The summed E-state index contributed by atoms with van der Waals surface area (Å²) < 4.78 is 32.0. The minimum Gasteiger partial charge on any atom is -0.486 e. The van der Waals surface area contributed by atoms with Crippen LogP contribution in [0.5, 0.6) is 5.75 Å². The van der Waals surface area contributed by atoms with E-state index < -0.39 is 17.7 Å². The van der Waals surface area contributed by atoms with Crippen LogP contribution in [0, 0.1) is 25.5 Å². The topological polar surface area (TPSA) is 35.2 Å². The van der Waals surface area contributed by atoms with Crippen LogP contribution in [0.15, 0.2) is 36.4 Å². The number of ether oxygens (including phenoxy) is 1. The van der Waals surface area contributed by atoms with E-state index in [2.05, 4.69) is 0 Å². The molecule has 0 aliphatic carbocycles. The Morgan fingerprint density at radius 1 is 1.05 bits per heavy atom. The summed E-state index contributed by atoms with van der Waals surface area (Å²) in [6.45, 7) is 4.01. The molecule has 0 aliphatic rings. The Kier molecular flexibility index (Phi) is 4.35. The molecule has 2 nitrogen and oxygen atoms in total. The maximum Gasteiger partial charge on any atom is 0.190 e. The van der Waals surface area contributed by atoms with E-state index in [-0.39, 0.29) is 12.4 Å². The number of hydrogen-bond acceptors (Lipinski definition) is 2. The average Bonchev–Trinajstić information content (AvgIpc) is 2.41. The first kappa shape index (κ1) is 14.5. The Bertz CT molecular complexity index is 593. The first-order valence-corrected chi connectivity index (χ1v) is 6.38. The van der Waals surface area contributed by atoms with Crippen LogP contribution in [-0.2, 0) is 0 Å². The molecule has 2 rings (SSSR count). The van der Waals surface area contributed by atoms with Gasteiger partial charge in [0.15, 0.2) is 17.4 Å². The summed E-state index contributed by atoms with van der Waals surface area (Å²) in [5, 5.41) is 0. The summed E-state index contributed by atoms with van der Waals surface area (Å²) >= 11 is 0. The van der Waals surface area contributed by atoms with Crippen molar-refractivity contribution in [2.75, 3.05) is 6.61 Å². The van der Waals surface area contributed by atoms with Gasteiger partial charge in [0.1, 0.15) is 6.61 Å². The van der Waals surface area contributed by atoms with E-state index in [9.17, 15) is 8.78 Å². The third-order valence-electron chi connectivity index (χ3n) is 3.29. The van der Waals surface area contributed by atoms with Crippen molar-refractivity contribution in [3.8, 4) is 5.75 Å². The van der Waals surface area contributed by atoms with E-state index in [1.165, 1.54) is 11.6 Å². The molecule has 4 heteroatoms. The molecule has 0 aromatic heterocycles. The zero-order valence-electron chi connectivity index (χ0n) is 11.5. The highest BCUT2D eigenvalue weighted by Crippen LogP contribution is 2.23. The van der Waals surface area contributed by atoms with Crippen molar-refractivity contribution in [1.82, 2.24) is 0 Å². The van der Waals surface area contributed by atoms with Gasteiger partial charge in [-0.2, -0.15) is 0 Å². The maximum atomic E-state index is 13.4. The molecule has 0 aliphatic heterocycles. The fourth-order valence-corrected chi connectivity index (χ4v) is 1.89. The molecule has 0 saturated heterocycles. The molecule has 1 atom stereocenters. The Morgan fingerprint density at radius 2 is 1.70 bits per heavy atom. The van der Waals surface area contributed by atoms with Gasteiger partial charge in [-0.1, -0.05) is 24.3 Å². The quantitative estimate of drug-likeness (QED) is 0.925. The highest BCUT2D eigenvalue weighted by atomic mass is 19.1. The van der Waals surface area contributed by atoms with Crippen LogP contribution < -0.4 is 10.5 Å². The highest BCUT2D eigenvalue weighted by molar-refractivity contribution is 5.32. The second-order valence-corrected chi connectivity index (χ2v) is 4.81. The van der Waals surface area contributed by atoms with Crippen LogP contribution in [0.3, 0.4) is 0 Å². The third-order valence-corrected chi connectivity index (χ3v) is 3.29. The highest BCUT2D eigenvalue weighted by Gasteiger charge is 2.13. The number of nitrogens with two attached hydrogens (primary N) is 1. The van der Waals surface area contributed by atoms with Crippen molar-refractivity contribution in [2.24, 2.45) is 5.73 Å². The molecule has 2 aromatic rings. The van der Waals surface area contributed by atoms with E-state index in [0.717, 1.165) is 23.3 Å². The summed E-state index contributed by atoms with van der Waals surface area (Å²) in [6.07, 6.45) is 0. The van der Waals surface area contributed by atoms with Gasteiger partial charge in [-0.05, 0) is 42.7 Å². The molecule has 0 bridgehead atoms. The van der Waals surface area contributed by atoms with Crippen molar-refractivity contribution in [2.45, 2.75) is 19.9 Å². The van der Waals surface area contributed by atoms with Crippen molar-refractivity contribution < 1.29 is 13.5 Å². The van der Waals surface area contributed by atoms with Gasteiger partial charge >= 0.3 is 0 Å². The minimum atomic E-state index is -0.725. The summed E-state index contributed by atoms with van der Waals surface area (Å²) in [5.41, 5.74) is 9.16. The van der Waals surface area contributed by atoms with Crippen LogP contribution in [0.1, 0.15) is 22.7 Å². The lowest BCUT2D eigenvalue weighted by Gasteiger charge is -2.15. The average molecular weight is 277 g/mol. The molecule has 0 heterocycles. The molecule has 1 unspecified atom stereocenters. The van der Waals surface area contributed by atoms with Gasteiger partial charge < -0.3 is 10.5 Å². The van der Waals surface area contributed by atoms with Crippen molar-refractivity contribution >= 4 is 0 Å². The fraction of sp³-hybridized carbons (Fsp3) is 0.250. The Morgan fingerprint density at radius 3 is 2.30 bits per heavy atom. The van der Waals surface area contributed by atoms with Crippen molar-refractivity contribution in [3.63, 3.8) is 0 Å². The summed E-state index contributed by atoms with van der Waals surface area (Å²) in [5.74, 6) is -1.83. The van der Waals surface area contributed by atoms with Gasteiger partial charge in [0.05, 0.1) is 6.04 Å². The zero-order chi connectivity index (χ0) is 14.7. The first-order valence-electron chi connectivity index (χ1n) is 6.38. The van der Waals surface area contributed by atoms with Crippen molar-refractivity contribution in [3.05, 3.63) is 64.7 Å². The van der Waals surface area contributed by atoms with E-state index in [1.54, 1.807) is 0 Å². The lowest BCUT2D eigenvalue weighted by Crippen LogP contribution is -2.20. The number of halogens is 2. The van der Waals surface area contributed by atoms with Gasteiger partial charge in [-0.25, -0.2) is 8.78 Å². The third kappa shape index (κ3) is 3.14. The second kappa shape index (κ2) is 6.01. The predicted molar refractivity (Wildman–Crippen MR) is 74.7 cm³/mol. The van der Waals surface area contributed by atoms with E-state index in [1.807, 2.05) is 32.0 Å². The molecular weight excluding hydrogens is 260 g/mol. The summed E-state index contributed by atoms with van der Waals surface area (Å²) in [6, 6.07) is 8.98. The Hall–Kier alpha value is -1.94. The molecule has 2 N–H and O–H groups in total. The lowest BCUT2D eigenvalue weighted by molar-refractivity contribution is 0.263. The summed E-state index contributed by atoms with van der Waals surface area (Å²) in [4.78, 5) is 0. The Labute approximate surface area is 117 Å². The van der Waals surface area contributed by atoms with Gasteiger partial charge in [0.25, 0.3) is 0 Å². The number of para-hydroxylation sites is 1. The van der Waals surface area contributed by atoms with E-state index in [4.69, 9.17) is 10.5 Å². The van der Waals surface area contributed by atoms with Gasteiger partial charge in [0, 0.05) is 0 Å². The van der Waals surface area contributed by atoms with E-state index >= 15 is 0 Å². The summed E-state index contributed by atoms with van der Waals surface area (Å²) in [7, 11) is 0. The molecule has 0 radical (unpaired) electrons. The predicted octanol–water partition coefficient (Wildman–Crippen LogP) is 3.66. The molecule has 20 heavy (non-hydrogen) atoms. The molecule has 0 amide bonds. The largest absolute Gasteiger partial charge is 0.486 e.